The minimum atomic E-state index is 0.335. The van der Waals surface area contributed by atoms with Crippen molar-refractivity contribution < 1.29 is 0 Å². The Balaban J connectivity index is 1.71. The van der Waals surface area contributed by atoms with E-state index in [1.807, 2.05) is 20.0 Å². The molecule has 0 aromatic carbocycles. The quantitative estimate of drug-likeness (QED) is 0.482. The number of hydrogen-bond acceptors (Lipinski definition) is 8. The molecular formula is C10H15N7S2. The maximum atomic E-state index is 5.61. The Hall–Kier alpha value is -1.35. The maximum Gasteiger partial charge on any atom is 0.221 e. The summed E-state index contributed by atoms with van der Waals surface area (Å²) >= 11 is 3.34. The Labute approximate surface area is 119 Å². The van der Waals surface area contributed by atoms with Crippen molar-refractivity contribution in [3.63, 3.8) is 0 Å². The van der Waals surface area contributed by atoms with Crippen LogP contribution in [0.25, 0.3) is 0 Å². The zero-order valence-electron chi connectivity index (χ0n) is 10.8. The molecule has 2 heterocycles. The van der Waals surface area contributed by atoms with Gasteiger partial charge in [0, 0.05) is 24.2 Å². The summed E-state index contributed by atoms with van der Waals surface area (Å²) in [5.74, 6) is 2.29. The van der Waals surface area contributed by atoms with Crippen LogP contribution in [-0.2, 0) is 7.05 Å². The van der Waals surface area contributed by atoms with Gasteiger partial charge in [0.25, 0.3) is 0 Å². The highest BCUT2D eigenvalue weighted by Crippen LogP contribution is 2.20. The van der Waals surface area contributed by atoms with E-state index in [1.54, 1.807) is 28.2 Å². The molecule has 0 saturated heterocycles. The number of hydrogen-bond donors (Lipinski definition) is 1. The van der Waals surface area contributed by atoms with Crippen LogP contribution in [0.15, 0.2) is 16.2 Å². The Bertz CT molecular complexity index is 522. The van der Waals surface area contributed by atoms with Gasteiger partial charge in [-0.05, 0) is 29.8 Å². The predicted octanol–water partition coefficient (Wildman–Crippen LogP) is 1.17. The van der Waals surface area contributed by atoms with Crippen molar-refractivity contribution in [3.05, 3.63) is 11.8 Å². The van der Waals surface area contributed by atoms with Gasteiger partial charge >= 0.3 is 0 Å². The van der Waals surface area contributed by atoms with Crippen LogP contribution in [0.4, 0.5) is 5.95 Å². The molecule has 0 unspecified atom stereocenters. The van der Waals surface area contributed by atoms with Gasteiger partial charge in [0.2, 0.25) is 11.1 Å². The van der Waals surface area contributed by atoms with Gasteiger partial charge in [0.1, 0.15) is 5.03 Å². The largest absolute Gasteiger partial charge is 0.368 e. The molecule has 2 N–H and O–H groups in total. The van der Waals surface area contributed by atoms with Gasteiger partial charge in [-0.15, -0.1) is 16.9 Å². The monoisotopic (exact) mass is 297 g/mol. The zero-order chi connectivity index (χ0) is 13.7. The molecule has 0 amide bonds. The second kappa shape index (κ2) is 6.71. The molecule has 19 heavy (non-hydrogen) atoms. The molecule has 0 spiro atoms. The third kappa shape index (κ3) is 4.35. The summed E-state index contributed by atoms with van der Waals surface area (Å²) in [5, 5.41) is 13.1. The second-order valence-electron chi connectivity index (χ2n) is 3.84. The van der Waals surface area contributed by atoms with E-state index < -0.39 is 0 Å². The SMILES string of the molecule is Cc1cc(SCCCSc2nnnn2C)nc(N)n1. The zero-order valence-corrected chi connectivity index (χ0v) is 12.4. The molecule has 2 rings (SSSR count). The first-order valence-corrected chi connectivity index (χ1v) is 7.71. The van der Waals surface area contributed by atoms with E-state index in [1.165, 1.54) is 0 Å². The van der Waals surface area contributed by atoms with Gasteiger partial charge in [0.15, 0.2) is 0 Å². The standard InChI is InChI=1S/C10H15N7S2/c1-7-6-8(13-9(11)12-7)18-4-3-5-19-10-14-15-16-17(10)2/h6H,3-5H2,1-2H3,(H2,11,12,13). The smallest absolute Gasteiger partial charge is 0.221 e. The summed E-state index contributed by atoms with van der Waals surface area (Å²) in [4.78, 5) is 8.23. The summed E-state index contributed by atoms with van der Waals surface area (Å²) in [6.07, 6.45) is 1.05. The first-order valence-electron chi connectivity index (χ1n) is 5.74. The van der Waals surface area contributed by atoms with Crippen molar-refractivity contribution in [2.45, 2.75) is 23.5 Å². The molecule has 0 radical (unpaired) electrons. The lowest BCUT2D eigenvalue weighted by Gasteiger charge is -2.03. The maximum absolute atomic E-state index is 5.61. The van der Waals surface area contributed by atoms with Crippen molar-refractivity contribution >= 4 is 29.5 Å². The summed E-state index contributed by atoms with van der Waals surface area (Å²) in [6.45, 7) is 1.92. The van der Waals surface area contributed by atoms with E-state index in [2.05, 4.69) is 25.5 Å². The number of nitrogens with two attached hydrogens (primary N) is 1. The van der Waals surface area contributed by atoms with Gasteiger partial charge in [-0.3, -0.25) is 0 Å². The van der Waals surface area contributed by atoms with Crippen LogP contribution in [0, 0.1) is 6.92 Å². The third-order valence-corrected chi connectivity index (χ3v) is 4.29. The molecule has 0 aliphatic heterocycles. The van der Waals surface area contributed by atoms with Crippen LogP contribution < -0.4 is 5.73 Å². The van der Waals surface area contributed by atoms with Crippen molar-refractivity contribution in [1.82, 2.24) is 30.2 Å². The van der Waals surface area contributed by atoms with Gasteiger partial charge < -0.3 is 5.73 Å². The number of nitrogens with zero attached hydrogens (tertiary/aromatic N) is 6. The van der Waals surface area contributed by atoms with E-state index in [0.717, 1.165) is 33.8 Å². The first kappa shape index (κ1) is 14.1. The minimum Gasteiger partial charge on any atom is -0.368 e. The van der Waals surface area contributed by atoms with Crippen LogP contribution >= 0.6 is 23.5 Å². The van der Waals surface area contributed by atoms with Crippen molar-refractivity contribution in [2.24, 2.45) is 7.05 Å². The van der Waals surface area contributed by atoms with Crippen molar-refractivity contribution in [3.8, 4) is 0 Å². The van der Waals surface area contributed by atoms with Crippen LogP contribution in [0.5, 0.6) is 0 Å². The van der Waals surface area contributed by atoms with E-state index in [0.29, 0.717) is 5.95 Å². The lowest BCUT2D eigenvalue weighted by Crippen LogP contribution is -1.98. The summed E-state index contributed by atoms with van der Waals surface area (Å²) < 4.78 is 1.67. The summed E-state index contributed by atoms with van der Waals surface area (Å²) in [5.41, 5.74) is 6.50. The number of anilines is 1. The first-order chi connectivity index (χ1) is 9.15. The highest BCUT2D eigenvalue weighted by Gasteiger charge is 2.03. The van der Waals surface area contributed by atoms with E-state index in [4.69, 9.17) is 5.73 Å². The van der Waals surface area contributed by atoms with Gasteiger partial charge in [-0.1, -0.05) is 11.8 Å². The molecule has 0 fully saturated rings. The minimum absolute atomic E-state index is 0.335. The molecule has 102 valence electrons. The Morgan fingerprint density at radius 1 is 1.26 bits per heavy atom. The summed E-state index contributed by atoms with van der Waals surface area (Å²) in [6, 6.07) is 1.95. The predicted molar refractivity (Wildman–Crippen MR) is 76.0 cm³/mol. The normalized spacial score (nSPS) is 10.8. The molecule has 0 bridgehead atoms. The molecule has 0 saturated carbocycles. The van der Waals surface area contributed by atoms with E-state index in [-0.39, 0.29) is 0 Å². The number of tetrazole rings is 1. The lowest BCUT2D eigenvalue weighted by molar-refractivity contribution is 0.664. The Morgan fingerprint density at radius 3 is 2.74 bits per heavy atom. The highest BCUT2D eigenvalue weighted by molar-refractivity contribution is 8.00. The van der Waals surface area contributed by atoms with Gasteiger partial charge in [0.05, 0.1) is 0 Å². The molecule has 0 aliphatic rings. The fourth-order valence-corrected chi connectivity index (χ4v) is 3.26. The highest BCUT2D eigenvalue weighted by atomic mass is 32.2. The van der Waals surface area contributed by atoms with Crippen molar-refractivity contribution in [2.75, 3.05) is 17.2 Å². The average Bonchev–Trinajstić information content (AvgIpc) is 2.73. The van der Waals surface area contributed by atoms with Crippen LogP contribution in [0.3, 0.4) is 0 Å². The molecular weight excluding hydrogens is 282 g/mol. The van der Waals surface area contributed by atoms with Gasteiger partial charge in [-0.25, -0.2) is 14.6 Å². The number of aryl methyl sites for hydroxylation is 2. The fraction of sp³-hybridized carbons (Fsp3) is 0.500. The van der Waals surface area contributed by atoms with E-state index in [9.17, 15) is 0 Å². The number of nitrogen functional groups attached to an aromatic ring is 1. The van der Waals surface area contributed by atoms with Crippen LogP contribution in [0.1, 0.15) is 12.1 Å². The molecule has 9 heteroatoms. The van der Waals surface area contributed by atoms with Crippen LogP contribution in [-0.4, -0.2) is 41.7 Å². The molecule has 2 aromatic heterocycles. The molecule has 2 aromatic rings. The lowest BCUT2D eigenvalue weighted by atomic mass is 10.5. The topological polar surface area (TPSA) is 95.4 Å². The summed E-state index contributed by atoms with van der Waals surface area (Å²) in [7, 11) is 1.84. The third-order valence-electron chi connectivity index (χ3n) is 2.20. The molecule has 7 nitrogen and oxygen atoms in total. The fourth-order valence-electron chi connectivity index (χ4n) is 1.38. The Kier molecular flexibility index (Phi) is 4.97. The van der Waals surface area contributed by atoms with E-state index >= 15 is 0 Å². The van der Waals surface area contributed by atoms with Gasteiger partial charge in [-0.2, -0.15) is 0 Å². The number of rotatable bonds is 6. The van der Waals surface area contributed by atoms with Crippen LogP contribution in [0.2, 0.25) is 0 Å². The average molecular weight is 297 g/mol. The molecule has 0 atom stereocenters. The number of thioether (sulfide) groups is 2. The Morgan fingerprint density at radius 2 is 2.05 bits per heavy atom. The molecule has 0 aliphatic carbocycles. The van der Waals surface area contributed by atoms with Crippen molar-refractivity contribution in [1.29, 1.82) is 0 Å². The number of aromatic nitrogens is 6. The second-order valence-corrected chi connectivity index (χ2v) is 6.02.